The third-order valence-corrected chi connectivity index (χ3v) is 11.8. The van der Waals surface area contributed by atoms with Crippen molar-refractivity contribution in [1.29, 1.82) is 0 Å². The molecule has 0 aromatic heterocycles. The van der Waals surface area contributed by atoms with Crippen molar-refractivity contribution in [2.45, 2.75) is 230 Å². The average Bonchev–Trinajstić information content (AvgIpc) is 2.98. The summed E-state index contributed by atoms with van der Waals surface area (Å²) in [6.45, 7) is 25.7. The van der Waals surface area contributed by atoms with Crippen LogP contribution in [-0.4, -0.2) is 22.3 Å². The number of aliphatic carboxylic acids is 1. The van der Waals surface area contributed by atoms with Crippen LogP contribution in [0.15, 0.2) is 0 Å². The number of hydrogen-bond acceptors (Lipinski definition) is 2. The molecule has 3 nitrogen and oxygen atoms in total. The predicted octanol–water partition coefficient (Wildman–Crippen LogP) is 14.8. The molecule has 294 valence electrons. The van der Waals surface area contributed by atoms with E-state index in [1.165, 1.54) is 122 Å². The van der Waals surface area contributed by atoms with Crippen LogP contribution in [0.5, 0.6) is 0 Å². The fourth-order valence-corrected chi connectivity index (χ4v) is 9.73. The normalized spacial score (nSPS) is 18.9. The first-order valence-corrected chi connectivity index (χ1v) is 22.0. The first-order valence-electron chi connectivity index (χ1n) is 22.0. The Bertz CT molecular complexity index is 751. The molecule has 0 heterocycles. The number of unbranched alkanes of at least 4 members (excludes halogenated alkanes) is 12. The highest BCUT2D eigenvalue weighted by Crippen LogP contribution is 2.32. The van der Waals surface area contributed by atoms with E-state index in [9.17, 15) is 15.0 Å². The van der Waals surface area contributed by atoms with E-state index >= 15 is 0 Å². The molecule has 0 aliphatic rings. The van der Waals surface area contributed by atoms with E-state index in [-0.39, 0.29) is 12.0 Å². The molecule has 0 aliphatic carbocycles. The lowest BCUT2D eigenvalue weighted by Crippen LogP contribution is -2.21. The van der Waals surface area contributed by atoms with Crippen LogP contribution in [-0.2, 0) is 4.79 Å². The van der Waals surface area contributed by atoms with Crippen molar-refractivity contribution < 1.29 is 15.0 Å². The smallest absolute Gasteiger partial charge is 0.306 e. The van der Waals surface area contributed by atoms with Crippen LogP contribution in [0.2, 0.25) is 0 Å². The number of carboxylic acids is 1. The van der Waals surface area contributed by atoms with Gasteiger partial charge in [0.05, 0.1) is 12.0 Å². The zero-order chi connectivity index (χ0) is 37.2. The van der Waals surface area contributed by atoms with Gasteiger partial charge < -0.3 is 10.2 Å². The fraction of sp³-hybridized carbons (Fsp3) is 0.978. The molecule has 1 unspecified atom stereocenters. The van der Waals surface area contributed by atoms with Gasteiger partial charge in [-0.1, -0.05) is 160 Å². The van der Waals surface area contributed by atoms with E-state index in [1.807, 2.05) is 6.92 Å². The standard InChI is InChI=1S/C46H92O3/c1-12-13-14-15-16-17-18-19-20-21-22-23-24-25-45(47)43(10)33-41(8)31-39(6)29-37(4)27-35(2)26-36(3)28-38(5)30-40(7)32-42(9)34-44(11)46(48)49/h35-45,47H,12-34H2,1-11H3,(H,48,49)/t35-,36+,37-,38+,39-,40+,41-,42+,43-,44+,45?/m1/s1. The zero-order valence-electron chi connectivity index (χ0n) is 35.4. The summed E-state index contributed by atoms with van der Waals surface area (Å²) in [5.74, 6) is 5.13. The Labute approximate surface area is 309 Å². The van der Waals surface area contributed by atoms with Crippen LogP contribution in [0, 0.1) is 59.2 Å². The van der Waals surface area contributed by atoms with Gasteiger partial charge in [-0.05, 0) is 117 Å². The van der Waals surface area contributed by atoms with Gasteiger partial charge in [0, 0.05) is 0 Å². The molecule has 0 aromatic rings. The Kier molecular flexibility index (Phi) is 29.6. The lowest BCUT2D eigenvalue weighted by molar-refractivity contribution is -0.141. The monoisotopic (exact) mass is 693 g/mol. The summed E-state index contributed by atoms with van der Waals surface area (Å²) in [4.78, 5) is 11.2. The van der Waals surface area contributed by atoms with Crippen molar-refractivity contribution >= 4 is 5.97 Å². The number of aliphatic hydroxyl groups excluding tert-OH is 1. The highest BCUT2D eigenvalue weighted by molar-refractivity contribution is 5.69. The Morgan fingerprint density at radius 3 is 0.980 bits per heavy atom. The van der Waals surface area contributed by atoms with Crippen LogP contribution >= 0.6 is 0 Å². The molecule has 0 aliphatic heterocycles. The third kappa shape index (κ3) is 28.7. The molecule has 11 atom stereocenters. The summed E-state index contributed by atoms with van der Waals surface area (Å²) in [5, 5.41) is 20.1. The summed E-state index contributed by atoms with van der Waals surface area (Å²) in [5.41, 5.74) is 0. The van der Waals surface area contributed by atoms with Crippen LogP contribution in [0.4, 0.5) is 0 Å². The molecule has 0 spiro atoms. The Balaban J connectivity index is 4.09. The zero-order valence-corrected chi connectivity index (χ0v) is 35.4. The molecular formula is C46H92O3. The van der Waals surface area contributed by atoms with Gasteiger partial charge in [0.1, 0.15) is 0 Å². The van der Waals surface area contributed by atoms with Gasteiger partial charge in [0.25, 0.3) is 0 Å². The third-order valence-electron chi connectivity index (χ3n) is 11.8. The Morgan fingerprint density at radius 1 is 0.408 bits per heavy atom. The summed E-state index contributed by atoms with van der Waals surface area (Å²) < 4.78 is 0. The van der Waals surface area contributed by atoms with E-state index in [0.717, 1.165) is 55.3 Å². The highest BCUT2D eigenvalue weighted by Gasteiger charge is 2.22. The quantitative estimate of drug-likeness (QED) is 0.0660. The van der Waals surface area contributed by atoms with Gasteiger partial charge in [0.15, 0.2) is 0 Å². The predicted molar refractivity (Wildman–Crippen MR) is 217 cm³/mol. The molecule has 0 fully saturated rings. The first kappa shape index (κ1) is 48.4. The molecule has 0 aromatic carbocycles. The minimum atomic E-state index is -0.662. The highest BCUT2D eigenvalue weighted by atomic mass is 16.4. The maximum Gasteiger partial charge on any atom is 0.306 e. The van der Waals surface area contributed by atoms with Crippen LogP contribution in [0.1, 0.15) is 224 Å². The number of carbonyl (C=O) groups is 1. The van der Waals surface area contributed by atoms with E-state index in [1.54, 1.807) is 0 Å². The minimum absolute atomic E-state index is 0.130. The molecule has 0 amide bonds. The molecule has 0 saturated carbocycles. The van der Waals surface area contributed by atoms with Gasteiger partial charge in [-0.25, -0.2) is 0 Å². The number of rotatable bonds is 34. The molecule has 2 N–H and O–H groups in total. The molecule has 0 saturated heterocycles. The fourth-order valence-electron chi connectivity index (χ4n) is 9.73. The van der Waals surface area contributed by atoms with Crippen LogP contribution in [0.25, 0.3) is 0 Å². The van der Waals surface area contributed by atoms with Crippen molar-refractivity contribution in [2.75, 3.05) is 0 Å². The van der Waals surface area contributed by atoms with Crippen LogP contribution < -0.4 is 0 Å². The van der Waals surface area contributed by atoms with Crippen molar-refractivity contribution in [3.63, 3.8) is 0 Å². The van der Waals surface area contributed by atoms with Gasteiger partial charge in [0.2, 0.25) is 0 Å². The Morgan fingerprint density at radius 2 is 0.673 bits per heavy atom. The van der Waals surface area contributed by atoms with E-state index < -0.39 is 5.97 Å². The second-order valence-corrected chi connectivity index (χ2v) is 18.8. The first-order chi connectivity index (χ1) is 23.1. The molecule has 0 rings (SSSR count). The summed E-state index contributed by atoms with van der Waals surface area (Å²) in [7, 11) is 0. The molecule has 49 heavy (non-hydrogen) atoms. The second-order valence-electron chi connectivity index (χ2n) is 18.8. The summed E-state index contributed by atoms with van der Waals surface area (Å²) in [6.07, 6.45) is 29.7. The van der Waals surface area contributed by atoms with Gasteiger partial charge in [-0.3, -0.25) is 4.79 Å². The average molecular weight is 693 g/mol. The number of hydrogen-bond donors (Lipinski definition) is 2. The Hall–Kier alpha value is -0.570. The number of aliphatic hydroxyl groups is 1. The maximum absolute atomic E-state index is 11.2. The lowest BCUT2D eigenvalue weighted by Gasteiger charge is -2.27. The van der Waals surface area contributed by atoms with Crippen molar-refractivity contribution in [3.8, 4) is 0 Å². The van der Waals surface area contributed by atoms with E-state index in [4.69, 9.17) is 0 Å². The van der Waals surface area contributed by atoms with Crippen molar-refractivity contribution in [2.24, 2.45) is 59.2 Å². The number of carboxylic acid groups (broad SMARTS) is 1. The topological polar surface area (TPSA) is 57.5 Å². The molecule has 3 heteroatoms. The van der Waals surface area contributed by atoms with Crippen molar-refractivity contribution in [3.05, 3.63) is 0 Å². The van der Waals surface area contributed by atoms with Gasteiger partial charge in [-0.15, -0.1) is 0 Å². The van der Waals surface area contributed by atoms with Crippen molar-refractivity contribution in [1.82, 2.24) is 0 Å². The maximum atomic E-state index is 11.2. The molecule has 0 radical (unpaired) electrons. The second kappa shape index (κ2) is 29.9. The summed E-state index contributed by atoms with van der Waals surface area (Å²) in [6, 6.07) is 0. The van der Waals surface area contributed by atoms with Crippen LogP contribution in [0.3, 0.4) is 0 Å². The SMILES string of the molecule is CCCCCCCCCCCCCCCC(O)[C@H](C)C[C@H](C)C[C@H](C)C[C@H](C)C[C@H](C)C[C@H](C)C[C@H](C)C[C@H](C)C[C@H](C)C[C@H](C)C(=O)O. The lowest BCUT2D eigenvalue weighted by atomic mass is 9.79. The minimum Gasteiger partial charge on any atom is -0.481 e. The van der Waals surface area contributed by atoms with E-state index in [0.29, 0.717) is 23.7 Å². The largest absolute Gasteiger partial charge is 0.481 e. The van der Waals surface area contributed by atoms with Gasteiger partial charge >= 0.3 is 5.97 Å². The molecular weight excluding hydrogens is 601 g/mol. The van der Waals surface area contributed by atoms with Gasteiger partial charge in [-0.2, -0.15) is 0 Å². The molecule has 0 bridgehead atoms. The van der Waals surface area contributed by atoms with E-state index in [2.05, 4.69) is 69.2 Å². The summed E-state index contributed by atoms with van der Waals surface area (Å²) >= 11 is 0.